The summed E-state index contributed by atoms with van der Waals surface area (Å²) in [6.07, 6.45) is 3.31. The topological polar surface area (TPSA) is 64.3 Å². The Hall–Kier alpha value is -1.55. The van der Waals surface area contributed by atoms with Gasteiger partial charge in [-0.2, -0.15) is 0 Å². The molecule has 0 saturated carbocycles. The van der Waals surface area contributed by atoms with Gasteiger partial charge in [-0.05, 0) is 50.3 Å². The molecular weight excluding hydrogens is 228 g/mol. The number of benzene rings is 1. The van der Waals surface area contributed by atoms with Gasteiger partial charge in [0.25, 0.3) is 0 Å². The number of unbranched alkanes of at least 4 members (excludes halogenated alkanes) is 1. The summed E-state index contributed by atoms with van der Waals surface area (Å²) in [6.45, 7) is 4.72. The van der Waals surface area contributed by atoms with Crippen molar-refractivity contribution in [2.45, 2.75) is 39.5 Å². The maximum atomic E-state index is 10.9. The van der Waals surface area contributed by atoms with Gasteiger partial charge in [0.2, 0.25) is 5.91 Å². The highest BCUT2D eigenvalue weighted by atomic mass is 16.5. The van der Waals surface area contributed by atoms with Crippen LogP contribution in [0.1, 0.15) is 37.3 Å². The molecule has 0 fully saturated rings. The number of carbonyl (C=O) groups excluding carboxylic acids is 1. The Morgan fingerprint density at radius 3 is 2.78 bits per heavy atom. The third-order valence-corrected chi connectivity index (χ3v) is 2.82. The Bertz CT molecular complexity index is 391. The number of hydrogen-bond donors (Lipinski definition) is 2. The van der Waals surface area contributed by atoms with Crippen LogP contribution in [-0.2, 0) is 11.2 Å². The summed E-state index contributed by atoms with van der Waals surface area (Å²) < 4.78 is 5.50. The molecule has 18 heavy (non-hydrogen) atoms. The van der Waals surface area contributed by atoms with E-state index in [2.05, 4.69) is 24.5 Å². The van der Waals surface area contributed by atoms with Gasteiger partial charge in [0.05, 0.1) is 6.61 Å². The zero-order chi connectivity index (χ0) is 13.4. The number of hydrogen-bond acceptors (Lipinski definition) is 3. The highest BCUT2D eigenvalue weighted by Gasteiger charge is 2.02. The number of carbonyl (C=O) groups is 1. The van der Waals surface area contributed by atoms with Gasteiger partial charge in [0.15, 0.2) is 0 Å². The van der Waals surface area contributed by atoms with Crippen LogP contribution in [0.2, 0.25) is 0 Å². The molecule has 0 heterocycles. The van der Waals surface area contributed by atoms with E-state index in [9.17, 15) is 4.79 Å². The first-order chi connectivity index (χ1) is 8.67. The number of nitrogens with one attached hydrogen (secondary N) is 1. The van der Waals surface area contributed by atoms with Crippen LogP contribution in [0.3, 0.4) is 0 Å². The predicted molar refractivity (Wildman–Crippen MR) is 72.2 cm³/mol. The maximum Gasteiger partial charge on any atom is 0.233 e. The fourth-order valence-electron chi connectivity index (χ4n) is 1.87. The molecule has 0 aliphatic carbocycles. The average molecular weight is 250 g/mol. The molecule has 0 aromatic heterocycles. The minimum atomic E-state index is -0.0992. The number of amides is 1. The molecule has 100 valence electrons. The number of aryl methyl sites for hydroxylation is 2. The van der Waals surface area contributed by atoms with Gasteiger partial charge in [-0.3, -0.25) is 10.2 Å². The van der Waals surface area contributed by atoms with Crippen LogP contribution in [0.15, 0.2) is 18.2 Å². The van der Waals surface area contributed by atoms with Crippen molar-refractivity contribution in [1.29, 1.82) is 0 Å². The molecule has 0 unspecified atom stereocenters. The van der Waals surface area contributed by atoms with Crippen LogP contribution in [0, 0.1) is 6.92 Å². The quantitative estimate of drug-likeness (QED) is 0.337. The van der Waals surface area contributed by atoms with Crippen molar-refractivity contribution < 1.29 is 9.53 Å². The normalized spacial score (nSPS) is 10.2. The number of hydrazine groups is 1. The van der Waals surface area contributed by atoms with Crippen molar-refractivity contribution in [3.63, 3.8) is 0 Å². The molecule has 4 nitrogen and oxygen atoms in total. The van der Waals surface area contributed by atoms with Crippen molar-refractivity contribution in [2.24, 2.45) is 5.84 Å². The zero-order valence-electron chi connectivity index (χ0n) is 11.2. The summed E-state index contributed by atoms with van der Waals surface area (Å²) in [4.78, 5) is 10.9. The van der Waals surface area contributed by atoms with E-state index >= 15 is 0 Å². The Labute approximate surface area is 108 Å². The Morgan fingerprint density at radius 1 is 1.39 bits per heavy atom. The van der Waals surface area contributed by atoms with Gasteiger partial charge in [-0.25, -0.2) is 5.84 Å². The Balaban J connectivity index is 2.39. The molecular formula is C14H22N2O2. The average Bonchev–Trinajstić information content (AvgIpc) is 2.37. The third-order valence-electron chi connectivity index (χ3n) is 2.82. The van der Waals surface area contributed by atoms with E-state index in [1.165, 1.54) is 5.56 Å². The second-order valence-electron chi connectivity index (χ2n) is 4.31. The standard InChI is InChI=1S/C14H22N2O2/c1-3-18-13-9-8-12(10-11(13)2)6-4-5-7-14(17)16-15/h8-10H,3-7,15H2,1-2H3,(H,16,17). The molecule has 0 radical (unpaired) electrons. The van der Waals surface area contributed by atoms with E-state index in [1.807, 2.05) is 13.0 Å². The van der Waals surface area contributed by atoms with Gasteiger partial charge >= 0.3 is 0 Å². The van der Waals surface area contributed by atoms with Crippen LogP contribution < -0.4 is 16.0 Å². The summed E-state index contributed by atoms with van der Waals surface area (Å²) in [5, 5.41) is 0. The zero-order valence-corrected chi connectivity index (χ0v) is 11.2. The van der Waals surface area contributed by atoms with Gasteiger partial charge in [-0.15, -0.1) is 0 Å². The maximum absolute atomic E-state index is 10.9. The molecule has 4 heteroatoms. The molecule has 0 bridgehead atoms. The Kier molecular flexibility index (Phi) is 6.22. The van der Waals surface area contributed by atoms with E-state index in [0.29, 0.717) is 13.0 Å². The minimum Gasteiger partial charge on any atom is -0.494 e. The van der Waals surface area contributed by atoms with Gasteiger partial charge in [-0.1, -0.05) is 12.1 Å². The van der Waals surface area contributed by atoms with Crippen LogP contribution in [0.4, 0.5) is 0 Å². The summed E-state index contributed by atoms with van der Waals surface area (Å²) >= 11 is 0. The third kappa shape index (κ3) is 4.75. The van der Waals surface area contributed by atoms with Crippen molar-refractivity contribution in [1.82, 2.24) is 5.43 Å². The largest absolute Gasteiger partial charge is 0.494 e. The lowest BCUT2D eigenvalue weighted by Gasteiger charge is -2.09. The lowest BCUT2D eigenvalue weighted by molar-refractivity contribution is -0.121. The van der Waals surface area contributed by atoms with E-state index in [1.54, 1.807) is 0 Å². The highest BCUT2D eigenvalue weighted by Crippen LogP contribution is 2.20. The summed E-state index contributed by atoms with van der Waals surface area (Å²) in [6, 6.07) is 6.25. The second kappa shape index (κ2) is 7.71. The summed E-state index contributed by atoms with van der Waals surface area (Å²) in [5.74, 6) is 5.87. The van der Waals surface area contributed by atoms with E-state index in [-0.39, 0.29) is 5.91 Å². The molecule has 3 N–H and O–H groups in total. The first-order valence-electron chi connectivity index (χ1n) is 6.39. The van der Waals surface area contributed by atoms with Crippen LogP contribution >= 0.6 is 0 Å². The molecule has 0 aliphatic heterocycles. The highest BCUT2D eigenvalue weighted by molar-refractivity contribution is 5.75. The lowest BCUT2D eigenvalue weighted by atomic mass is 10.0. The molecule has 0 saturated heterocycles. The van der Waals surface area contributed by atoms with E-state index in [4.69, 9.17) is 10.6 Å². The van der Waals surface area contributed by atoms with Crippen LogP contribution in [-0.4, -0.2) is 12.5 Å². The van der Waals surface area contributed by atoms with Gasteiger partial charge in [0.1, 0.15) is 5.75 Å². The number of nitrogens with two attached hydrogens (primary N) is 1. The molecule has 0 spiro atoms. The number of rotatable bonds is 7. The monoisotopic (exact) mass is 250 g/mol. The SMILES string of the molecule is CCOc1ccc(CCCCC(=O)NN)cc1C. The first kappa shape index (κ1) is 14.5. The fraction of sp³-hybridized carbons (Fsp3) is 0.500. The fourth-order valence-corrected chi connectivity index (χ4v) is 1.87. The smallest absolute Gasteiger partial charge is 0.233 e. The summed E-state index contributed by atoms with van der Waals surface area (Å²) in [7, 11) is 0. The molecule has 1 aromatic carbocycles. The van der Waals surface area contributed by atoms with Gasteiger partial charge in [0, 0.05) is 6.42 Å². The molecule has 0 atom stereocenters. The predicted octanol–water partition coefficient (Wildman–Crippen LogP) is 2.10. The molecule has 1 aromatic rings. The molecule has 1 rings (SSSR count). The molecule has 0 aliphatic rings. The number of ether oxygens (including phenoxy) is 1. The van der Waals surface area contributed by atoms with Crippen molar-refractivity contribution >= 4 is 5.91 Å². The van der Waals surface area contributed by atoms with Crippen molar-refractivity contribution in [3.05, 3.63) is 29.3 Å². The van der Waals surface area contributed by atoms with Crippen LogP contribution in [0.5, 0.6) is 5.75 Å². The van der Waals surface area contributed by atoms with Crippen molar-refractivity contribution in [3.8, 4) is 5.75 Å². The second-order valence-corrected chi connectivity index (χ2v) is 4.31. The van der Waals surface area contributed by atoms with Crippen molar-refractivity contribution in [2.75, 3.05) is 6.61 Å². The van der Waals surface area contributed by atoms with Gasteiger partial charge < -0.3 is 4.74 Å². The van der Waals surface area contributed by atoms with Crippen LogP contribution in [0.25, 0.3) is 0 Å². The summed E-state index contributed by atoms with van der Waals surface area (Å²) in [5.41, 5.74) is 4.58. The van der Waals surface area contributed by atoms with E-state index in [0.717, 1.165) is 30.6 Å². The lowest BCUT2D eigenvalue weighted by Crippen LogP contribution is -2.29. The Morgan fingerprint density at radius 2 is 2.17 bits per heavy atom. The minimum absolute atomic E-state index is 0.0992. The molecule has 1 amide bonds. The van der Waals surface area contributed by atoms with E-state index < -0.39 is 0 Å². The first-order valence-corrected chi connectivity index (χ1v) is 6.39.